The minimum Gasteiger partial charge on any atom is -0.464 e. The van der Waals surface area contributed by atoms with E-state index in [1.54, 1.807) is 12.1 Å². The molecule has 0 saturated heterocycles. The van der Waals surface area contributed by atoms with Crippen LogP contribution < -0.4 is 14.8 Å². The number of nitrogens with one attached hydrogen (secondary N) is 1. The highest BCUT2D eigenvalue weighted by atomic mass is 79.9. The van der Waals surface area contributed by atoms with Crippen LogP contribution in [0, 0.1) is 0 Å². The molecule has 1 heterocycles. The number of benzene rings is 1. The minimum atomic E-state index is 0.115. The molecule has 1 N–H and O–H groups in total. The zero-order chi connectivity index (χ0) is 15.2. The van der Waals surface area contributed by atoms with Gasteiger partial charge in [-0.05, 0) is 32.0 Å². The maximum absolute atomic E-state index is 6.08. The standard InChI is InChI=1S/C13H14BrClN4O2/c1-3-16-11-17-12(20-4-2)19-13(18-11)21-10-7-8(14)5-6-9(10)15/h5-7H,3-4H2,1-2H3,(H,16,17,18,19). The maximum atomic E-state index is 6.08. The predicted octanol–water partition coefficient (Wildman–Crippen LogP) is 3.91. The van der Waals surface area contributed by atoms with E-state index in [0.717, 1.165) is 4.47 Å². The van der Waals surface area contributed by atoms with Crippen molar-refractivity contribution in [1.82, 2.24) is 15.0 Å². The number of aromatic nitrogens is 3. The fourth-order valence-corrected chi connectivity index (χ4v) is 1.96. The predicted molar refractivity (Wildman–Crippen MR) is 84.4 cm³/mol. The van der Waals surface area contributed by atoms with Crippen LogP contribution in [0.2, 0.25) is 5.02 Å². The average molecular weight is 374 g/mol. The lowest BCUT2D eigenvalue weighted by Gasteiger charge is -2.09. The van der Waals surface area contributed by atoms with Gasteiger partial charge in [0, 0.05) is 11.0 Å². The van der Waals surface area contributed by atoms with E-state index in [4.69, 9.17) is 21.1 Å². The molecule has 8 heteroatoms. The third kappa shape index (κ3) is 4.44. The molecule has 0 aliphatic carbocycles. The van der Waals surface area contributed by atoms with E-state index in [-0.39, 0.29) is 12.0 Å². The van der Waals surface area contributed by atoms with Crippen LogP contribution in [-0.2, 0) is 0 Å². The molecule has 1 aromatic heterocycles. The molecule has 6 nitrogen and oxygen atoms in total. The van der Waals surface area contributed by atoms with Gasteiger partial charge in [-0.2, -0.15) is 9.97 Å². The first kappa shape index (κ1) is 15.8. The minimum absolute atomic E-state index is 0.115. The molecule has 0 spiro atoms. The number of nitrogens with zero attached hydrogens (tertiary/aromatic N) is 3. The molecular weight excluding hydrogens is 360 g/mol. The highest BCUT2D eigenvalue weighted by molar-refractivity contribution is 9.10. The largest absolute Gasteiger partial charge is 0.464 e. The summed E-state index contributed by atoms with van der Waals surface area (Å²) in [6.07, 6.45) is 0. The van der Waals surface area contributed by atoms with Crippen LogP contribution in [0.3, 0.4) is 0 Å². The summed E-state index contributed by atoms with van der Waals surface area (Å²) in [6.45, 7) is 4.91. The molecule has 0 saturated carbocycles. The van der Waals surface area contributed by atoms with Crippen molar-refractivity contribution in [2.75, 3.05) is 18.5 Å². The second kappa shape index (κ2) is 7.42. The van der Waals surface area contributed by atoms with Crippen molar-refractivity contribution in [1.29, 1.82) is 0 Å². The second-order valence-electron chi connectivity index (χ2n) is 3.86. The summed E-state index contributed by atoms with van der Waals surface area (Å²) < 4.78 is 11.8. The Hall–Kier alpha value is -1.60. The van der Waals surface area contributed by atoms with Crippen molar-refractivity contribution in [2.24, 2.45) is 0 Å². The molecule has 21 heavy (non-hydrogen) atoms. The average Bonchev–Trinajstić information content (AvgIpc) is 2.43. The molecule has 0 radical (unpaired) electrons. The molecule has 0 amide bonds. The second-order valence-corrected chi connectivity index (χ2v) is 5.19. The Labute approximate surface area is 136 Å². The van der Waals surface area contributed by atoms with Gasteiger partial charge < -0.3 is 14.8 Å². The summed E-state index contributed by atoms with van der Waals surface area (Å²) in [5, 5.41) is 3.45. The molecule has 0 fully saturated rings. The van der Waals surface area contributed by atoms with Gasteiger partial charge in [-0.3, -0.25) is 0 Å². The Kier molecular flexibility index (Phi) is 5.58. The number of ether oxygens (including phenoxy) is 2. The van der Waals surface area contributed by atoms with Crippen LogP contribution in [0.15, 0.2) is 22.7 Å². The lowest BCUT2D eigenvalue weighted by atomic mass is 10.3. The fourth-order valence-electron chi connectivity index (χ4n) is 1.47. The third-order valence-corrected chi connectivity index (χ3v) is 3.10. The summed E-state index contributed by atoms with van der Waals surface area (Å²) in [7, 11) is 0. The van der Waals surface area contributed by atoms with Gasteiger partial charge in [0.2, 0.25) is 5.95 Å². The van der Waals surface area contributed by atoms with E-state index < -0.39 is 0 Å². The van der Waals surface area contributed by atoms with Crippen molar-refractivity contribution < 1.29 is 9.47 Å². The van der Waals surface area contributed by atoms with Gasteiger partial charge in [0.15, 0.2) is 5.75 Å². The van der Waals surface area contributed by atoms with Crippen LogP contribution in [-0.4, -0.2) is 28.1 Å². The lowest BCUT2D eigenvalue weighted by molar-refractivity contribution is 0.304. The zero-order valence-corrected chi connectivity index (χ0v) is 13.9. The van der Waals surface area contributed by atoms with E-state index >= 15 is 0 Å². The quantitative estimate of drug-likeness (QED) is 0.828. The number of hydrogen-bond acceptors (Lipinski definition) is 6. The van der Waals surface area contributed by atoms with Crippen molar-refractivity contribution >= 4 is 33.5 Å². The highest BCUT2D eigenvalue weighted by Gasteiger charge is 2.11. The number of halogens is 2. The van der Waals surface area contributed by atoms with Gasteiger partial charge in [-0.15, -0.1) is 4.98 Å². The van der Waals surface area contributed by atoms with Crippen LogP contribution in [0.4, 0.5) is 5.95 Å². The zero-order valence-electron chi connectivity index (χ0n) is 11.6. The van der Waals surface area contributed by atoms with Crippen molar-refractivity contribution in [3.63, 3.8) is 0 Å². The summed E-state index contributed by atoms with van der Waals surface area (Å²) in [6, 6.07) is 5.59. The van der Waals surface area contributed by atoms with Gasteiger partial charge >= 0.3 is 12.0 Å². The topological polar surface area (TPSA) is 69.2 Å². The van der Waals surface area contributed by atoms with Gasteiger partial charge in [-0.1, -0.05) is 27.5 Å². The third-order valence-electron chi connectivity index (χ3n) is 2.30. The molecule has 0 aliphatic heterocycles. The number of hydrogen-bond donors (Lipinski definition) is 1. The smallest absolute Gasteiger partial charge is 0.330 e. The number of rotatable bonds is 6. The number of anilines is 1. The molecule has 112 valence electrons. The summed E-state index contributed by atoms with van der Waals surface area (Å²) in [4.78, 5) is 12.4. The van der Waals surface area contributed by atoms with E-state index in [1.165, 1.54) is 0 Å². The molecule has 1 aromatic carbocycles. The van der Waals surface area contributed by atoms with Gasteiger partial charge in [-0.25, -0.2) is 0 Å². The molecule has 2 aromatic rings. The molecule has 0 unspecified atom stereocenters. The normalized spacial score (nSPS) is 10.3. The summed E-state index contributed by atoms with van der Waals surface area (Å²) in [5.74, 6) is 0.833. The van der Waals surface area contributed by atoms with Crippen LogP contribution in [0.5, 0.6) is 17.8 Å². The Morgan fingerprint density at radius 3 is 2.67 bits per heavy atom. The summed E-state index contributed by atoms with van der Waals surface area (Å²) in [5.41, 5.74) is 0. The van der Waals surface area contributed by atoms with Crippen molar-refractivity contribution in [2.45, 2.75) is 13.8 Å². The molecule has 0 aliphatic rings. The molecule has 0 bridgehead atoms. The summed E-state index contributed by atoms with van der Waals surface area (Å²) >= 11 is 9.44. The monoisotopic (exact) mass is 372 g/mol. The van der Waals surface area contributed by atoms with Crippen molar-refractivity contribution in [3.8, 4) is 17.8 Å². The highest BCUT2D eigenvalue weighted by Crippen LogP contribution is 2.31. The maximum Gasteiger partial charge on any atom is 0.330 e. The Bertz CT molecular complexity index is 603. The van der Waals surface area contributed by atoms with E-state index in [1.807, 2.05) is 19.9 Å². The van der Waals surface area contributed by atoms with Gasteiger partial charge in [0.1, 0.15) is 0 Å². The molecular formula is C13H14BrClN4O2. The first-order chi connectivity index (χ1) is 10.1. The molecule has 2 rings (SSSR count). The first-order valence-corrected chi connectivity index (χ1v) is 7.55. The van der Waals surface area contributed by atoms with Gasteiger partial charge in [0.25, 0.3) is 0 Å². The molecule has 0 atom stereocenters. The SMILES string of the molecule is CCNc1nc(OCC)nc(Oc2cc(Br)ccc2Cl)n1. The Morgan fingerprint density at radius 2 is 1.95 bits per heavy atom. The van der Waals surface area contributed by atoms with Crippen LogP contribution in [0.25, 0.3) is 0 Å². The van der Waals surface area contributed by atoms with Gasteiger partial charge in [0.05, 0.1) is 11.6 Å². The van der Waals surface area contributed by atoms with E-state index in [2.05, 4.69) is 36.2 Å². The fraction of sp³-hybridized carbons (Fsp3) is 0.308. The van der Waals surface area contributed by atoms with Crippen LogP contribution in [0.1, 0.15) is 13.8 Å². The first-order valence-electron chi connectivity index (χ1n) is 6.38. The van der Waals surface area contributed by atoms with E-state index in [0.29, 0.717) is 29.9 Å². The Balaban J connectivity index is 2.31. The lowest BCUT2D eigenvalue weighted by Crippen LogP contribution is -2.07. The van der Waals surface area contributed by atoms with Crippen LogP contribution >= 0.6 is 27.5 Å². The van der Waals surface area contributed by atoms with Crippen molar-refractivity contribution in [3.05, 3.63) is 27.7 Å². The van der Waals surface area contributed by atoms with E-state index in [9.17, 15) is 0 Å². The Morgan fingerprint density at radius 1 is 1.19 bits per heavy atom.